The number of fused-ring (bicyclic) bond motifs is 1. The van der Waals surface area contributed by atoms with Gasteiger partial charge in [-0.25, -0.2) is 0 Å². The maximum atomic E-state index is 10.3. The first kappa shape index (κ1) is 14.3. The molecule has 2 aromatic carbocycles. The summed E-state index contributed by atoms with van der Waals surface area (Å²) in [7, 11) is 0. The first-order chi connectivity index (χ1) is 10.3. The molecule has 0 saturated heterocycles. The van der Waals surface area contributed by atoms with Crippen LogP contribution in [0.5, 0.6) is 0 Å². The highest BCUT2D eigenvalue weighted by Gasteiger charge is 2.27. The van der Waals surface area contributed by atoms with Gasteiger partial charge >= 0.3 is 0 Å². The summed E-state index contributed by atoms with van der Waals surface area (Å²) in [5, 5.41) is 23.8. The predicted molar refractivity (Wildman–Crippen MR) is 82.9 cm³/mol. The Hall–Kier alpha value is -1.68. The number of benzene rings is 2. The molecule has 3 nitrogen and oxygen atoms in total. The predicted octanol–water partition coefficient (Wildman–Crippen LogP) is 2.36. The summed E-state index contributed by atoms with van der Waals surface area (Å²) in [6, 6.07) is 17.7. The van der Waals surface area contributed by atoms with E-state index >= 15 is 0 Å². The van der Waals surface area contributed by atoms with Crippen LogP contribution in [0, 0.1) is 0 Å². The summed E-state index contributed by atoms with van der Waals surface area (Å²) in [5.74, 6) is 0. The molecule has 3 N–H and O–H groups in total. The van der Waals surface area contributed by atoms with E-state index in [0.717, 1.165) is 24.0 Å². The quantitative estimate of drug-likeness (QED) is 0.807. The molecule has 1 aliphatic carbocycles. The average Bonchev–Trinajstić information content (AvgIpc) is 2.54. The van der Waals surface area contributed by atoms with Crippen molar-refractivity contribution in [1.29, 1.82) is 0 Å². The maximum Gasteiger partial charge on any atom is 0.0914 e. The Morgan fingerprint density at radius 1 is 1.05 bits per heavy atom. The number of hydrogen-bond donors (Lipinski definition) is 3. The van der Waals surface area contributed by atoms with Crippen molar-refractivity contribution in [3.05, 3.63) is 71.3 Å². The van der Waals surface area contributed by atoms with Crippen molar-refractivity contribution >= 4 is 0 Å². The van der Waals surface area contributed by atoms with Gasteiger partial charge in [0, 0.05) is 6.54 Å². The van der Waals surface area contributed by atoms with Crippen molar-refractivity contribution < 1.29 is 10.2 Å². The summed E-state index contributed by atoms with van der Waals surface area (Å²) in [4.78, 5) is 0. The van der Waals surface area contributed by atoms with Gasteiger partial charge in [0.15, 0.2) is 0 Å². The Morgan fingerprint density at radius 3 is 2.57 bits per heavy atom. The van der Waals surface area contributed by atoms with E-state index in [1.54, 1.807) is 0 Å². The fourth-order valence-corrected chi connectivity index (χ4v) is 3.02. The van der Waals surface area contributed by atoms with Crippen LogP contribution >= 0.6 is 0 Å². The number of nitrogens with one attached hydrogen (secondary N) is 1. The van der Waals surface area contributed by atoms with Crippen LogP contribution in [0.25, 0.3) is 0 Å². The maximum absolute atomic E-state index is 10.3. The molecule has 0 aliphatic heterocycles. The third kappa shape index (κ3) is 3.16. The Balaban J connectivity index is 1.70. The fourth-order valence-electron chi connectivity index (χ4n) is 3.02. The van der Waals surface area contributed by atoms with Crippen LogP contribution in [0.2, 0.25) is 0 Å². The van der Waals surface area contributed by atoms with E-state index in [4.69, 9.17) is 0 Å². The molecule has 1 aliphatic rings. The molecule has 0 bridgehead atoms. The first-order valence-electron chi connectivity index (χ1n) is 7.48. The van der Waals surface area contributed by atoms with E-state index in [2.05, 4.69) is 17.4 Å². The molecule has 3 rings (SSSR count). The van der Waals surface area contributed by atoms with Crippen molar-refractivity contribution in [2.24, 2.45) is 0 Å². The largest absolute Gasteiger partial charge is 0.391 e. The summed E-state index contributed by atoms with van der Waals surface area (Å²) < 4.78 is 0. The lowest BCUT2D eigenvalue weighted by Crippen LogP contribution is -2.37. The Bertz CT molecular complexity index is 585. The third-order valence-corrected chi connectivity index (χ3v) is 4.20. The van der Waals surface area contributed by atoms with Crippen LogP contribution in [0.4, 0.5) is 0 Å². The van der Waals surface area contributed by atoms with Crippen molar-refractivity contribution in [1.82, 2.24) is 5.32 Å². The van der Waals surface area contributed by atoms with E-state index in [0.29, 0.717) is 6.54 Å². The average molecular weight is 283 g/mol. The number of aliphatic hydroxyl groups excluding tert-OH is 2. The molecule has 110 valence electrons. The summed E-state index contributed by atoms with van der Waals surface area (Å²) in [6.07, 6.45) is 0.711. The van der Waals surface area contributed by atoms with Gasteiger partial charge in [-0.1, -0.05) is 54.6 Å². The van der Waals surface area contributed by atoms with Crippen LogP contribution in [0.3, 0.4) is 0 Å². The van der Waals surface area contributed by atoms with E-state index < -0.39 is 12.2 Å². The van der Waals surface area contributed by atoms with Crippen molar-refractivity contribution in [3.63, 3.8) is 0 Å². The Kier molecular flexibility index (Phi) is 4.34. The molecule has 0 aromatic heterocycles. The molecule has 0 radical (unpaired) electrons. The Morgan fingerprint density at radius 2 is 1.76 bits per heavy atom. The lowest BCUT2D eigenvalue weighted by molar-refractivity contribution is 0.0964. The highest BCUT2D eigenvalue weighted by Crippen LogP contribution is 2.30. The number of aryl methyl sites for hydroxylation is 1. The zero-order valence-corrected chi connectivity index (χ0v) is 11.9. The van der Waals surface area contributed by atoms with E-state index in [9.17, 15) is 10.2 Å². The molecule has 21 heavy (non-hydrogen) atoms. The van der Waals surface area contributed by atoms with E-state index in [1.807, 2.05) is 42.5 Å². The molecule has 3 atom stereocenters. The molecule has 0 amide bonds. The standard InChI is InChI=1S/C18H21NO2/c20-16-11-10-13-6-4-5-9-15(13)18(16)19-12-17(21)14-7-2-1-3-8-14/h1-9,16-21H,10-12H2/t16-,17-,18+/m1/s1. The van der Waals surface area contributed by atoms with Gasteiger partial charge in [0.1, 0.15) is 0 Å². The topological polar surface area (TPSA) is 52.5 Å². The van der Waals surface area contributed by atoms with Gasteiger partial charge in [0.05, 0.1) is 18.2 Å². The normalized spacial score (nSPS) is 22.6. The molecule has 2 aromatic rings. The molecule has 0 fully saturated rings. The zero-order valence-electron chi connectivity index (χ0n) is 11.9. The third-order valence-electron chi connectivity index (χ3n) is 4.20. The van der Waals surface area contributed by atoms with Crippen molar-refractivity contribution in [3.8, 4) is 0 Å². The SMILES string of the molecule is O[C@H](CN[C@H]1c2ccccc2CC[C@H]1O)c1ccccc1. The summed E-state index contributed by atoms with van der Waals surface area (Å²) >= 11 is 0. The van der Waals surface area contributed by atoms with Crippen LogP contribution in [0.1, 0.15) is 35.3 Å². The highest BCUT2D eigenvalue weighted by atomic mass is 16.3. The van der Waals surface area contributed by atoms with Gasteiger partial charge < -0.3 is 15.5 Å². The number of rotatable bonds is 4. The van der Waals surface area contributed by atoms with E-state index in [-0.39, 0.29) is 6.04 Å². The van der Waals surface area contributed by atoms with Gasteiger partial charge in [0.25, 0.3) is 0 Å². The molecular formula is C18H21NO2. The van der Waals surface area contributed by atoms with Crippen molar-refractivity contribution in [2.45, 2.75) is 31.1 Å². The van der Waals surface area contributed by atoms with E-state index in [1.165, 1.54) is 5.56 Å². The minimum atomic E-state index is -0.563. The van der Waals surface area contributed by atoms with Gasteiger partial charge in [-0.05, 0) is 29.5 Å². The van der Waals surface area contributed by atoms with Gasteiger partial charge in [0.2, 0.25) is 0 Å². The molecule has 3 heteroatoms. The second-order valence-electron chi connectivity index (χ2n) is 5.62. The molecule has 0 spiro atoms. The summed E-state index contributed by atoms with van der Waals surface area (Å²) in [5.41, 5.74) is 3.33. The first-order valence-corrected chi connectivity index (χ1v) is 7.48. The smallest absolute Gasteiger partial charge is 0.0914 e. The second kappa shape index (κ2) is 6.39. The van der Waals surface area contributed by atoms with Crippen LogP contribution in [-0.2, 0) is 6.42 Å². The van der Waals surface area contributed by atoms with Crippen molar-refractivity contribution in [2.75, 3.05) is 6.54 Å². The van der Waals surface area contributed by atoms with Crippen LogP contribution < -0.4 is 5.32 Å². The number of hydrogen-bond acceptors (Lipinski definition) is 3. The lowest BCUT2D eigenvalue weighted by Gasteiger charge is -2.31. The van der Waals surface area contributed by atoms with Crippen LogP contribution in [-0.4, -0.2) is 22.9 Å². The monoisotopic (exact) mass is 283 g/mol. The van der Waals surface area contributed by atoms with Gasteiger partial charge in [-0.3, -0.25) is 0 Å². The fraction of sp³-hybridized carbons (Fsp3) is 0.333. The van der Waals surface area contributed by atoms with Gasteiger partial charge in [-0.15, -0.1) is 0 Å². The van der Waals surface area contributed by atoms with Gasteiger partial charge in [-0.2, -0.15) is 0 Å². The minimum Gasteiger partial charge on any atom is -0.391 e. The molecular weight excluding hydrogens is 262 g/mol. The molecule has 0 unspecified atom stereocenters. The zero-order chi connectivity index (χ0) is 14.7. The summed E-state index contributed by atoms with van der Waals surface area (Å²) in [6.45, 7) is 0.431. The molecule has 0 saturated carbocycles. The molecule has 0 heterocycles. The highest BCUT2D eigenvalue weighted by molar-refractivity contribution is 5.33. The lowest BCUT2D eigenvalue weighted by atomic mass is 9.85. The Labute approximate surface area is 125 Å². The minimum absolute atomic E-state index is 0.103. The van der Waals surface area contributed by atoms with Crippen LogP contribution in [0.15, 0.2) is 54.6 Å². The second-order valence-corrected chi connectivity index (χ2v) is 5.62. The number of aliphatic hydroxyl groups is 2.